The first kappa shape index (κ1) is 24.4. The van der Waals surface area contributed by atoms with E-state index in [1.165, 1.54) is 11.0 Å². The lowest BCUT2D eigenvalue weighted by atomic mass is 10.1. The molecule has 1 aromatic heterocycles. The molecule has 2 heterocycles. The molecule has 3 aromatic rings. The highest BCUT2D eigenvalue weighted by Crippen LogP contribution is 2.35. The second-order valence-corrected chi connectivity index (χ2v) is 11.3. The topological polar surface area (TPSA) is 81.5 Å². The first-order valence-corrected chi connectivity index (χ1v) is 13.2. The molecule has 2 aromatic carbocycles. The molecule has 0 spiro atoms. The number of hydrogen-bond acceptors (Lipinski definition) is 5. The van der Waals surface area contributed by atoms with Crippen LogP contribution in [0.25, 0.3) is 5.69 Å². The zero-order chi connectivity index (χ0) is 25.7. The summed E-state index contributed by atoms with van der Waals surface area (Å²) in [6.07, 6.45) is -3.39. The van der Waals surface area contributed by atoms with Crippen LogP contribution in [0, 0.1) is 5.92 Å². The van der Waals surface area contributed by atoms with Crippen molar-refractivity contribution in [1.82, 2.24) is 14.7 Å². The molecule has 1 aliphatic heterocycles. The van der Waals surface area contributed by atoms with Crippen LogP contribution in [0.15, 0.2) is 59.6 Å². The molecule has 190 valence electrons. The van der Waals surface area contributed by atoms with Crippen LogP contribution >= 0.6 is 0 Å². The number of ether oxygens (including phenoxy) is 1. The van der Waals surface area contributed by atoms with Gasteiger partial charge in [-0.1, -0.05) is 18.2 Å². The number of para-hydroxylation sites is 1. The molecule has 11 heteroatoms. The summed E-state index contributed by atoms with van der Waals surface area (Å²) in [6.45, 7) is 1.17. The second-order valence-electron chi connectivity index (χ2n) is 9.23. The van der Waals surface area contributed by atoms with Gasteiger partial charge in [-0.3, -0.25) is 4.79 Å². The fourth-order valence-corrected chi connectivity index (χ4v) is 5.82. The van der Waals surface area contributed by atoms with Crippen molar-refractivity contribution in [2.75, 3.05) is 5.75 Å². The number of benzene rings is 2. The minimum atomic E-state index is -4.65. The predicted molar refractivity (Wildman–Crippen MR) is 125 cm³/mol. The molecule has 1 atom stereocenters. The Morgan fingerprint density at radius 3 is 2.50 bits per heavy atom. The molecule has 1 amide bonds. The van der Waals surface area contributed by atoms with Gasteiger partial charge in [-0.2, -0.15) is 18.3 Å². The van der Waals surface area contributed by atoms with E-state index in [2.05, 4.69) is 5.10 Å². The van der Waals surface area contributed by atoms with Gasteiger partial charge in [0.2, 0.25) is 0 Å². The monoisotopic (exact) mass is 519 g/mol. The van der Waals surface area contributed by atoms with Gasteiger partial charge in [0.05, 0.1) is 34.1 Å². The van der Waals surface area contributed by atoms with Gasteiger partial charge in [-0.25, -0.2) is 13.1 Å². The second kappa shape index (κ2) is 8.95. The number of nitrogens with zero attached hydrogens (tertiary/aromatic N) is 3. The van der Waals surface area contributed by atoms with Crippen LogP contribution in [-0.4, -0.2) is 47.0 Å². The molecule has 0 saturated heterocycles. The fraction of sp³-hybridized carbons (Fsp3) is 0.360. The number of sulfone groups is 1. The molecule has 1 saturated carbocycles. The lowest BCUT2D eigenvalue weighted by molar-refractivity contribution is -0.189. The van der Waals surface area contributed by atoms with E-state index in [-0.39, 0.29) is 41.0 Å². The van der Waals surface area contributed by atoms with Crippen LogP contribution < -0.4 is 4.74 Å². The number of halogens is 3. The highest BCUT2D eigenvalue weighted by molar-refractivity contribution is 7.91. The Labute approximate surface area is 206 Å². The predicted octanol–water partition coefficient (Wildman–Crippen LogP) is 4.54. The number of hydrogen-bond donors (Lipinski definition) is 0. The van der Waals surface area contributed by atoms with Gasteiger partial charge < -0.3 is 9.64 Å². The molecule has 0 N–H and O–H groups in total. The zero-order valence-electron chi connectivity index (χ0n) is 19.4. The van der Waals surface area contributed by atoms with Crippen LogP contribution in [0.1, 0.15) is 41.4 Å². The van der Waals surface area contributed by atoms with E-state index in [0.29, 0.717) is 5.69 Å². The van der Waals surface area contributed by atoms with E-state index in [0.717, 1.165) is 43.1 Å². The molecule has 5 rings (SSSR count). The van der Waals surface area contributed by atoms with Crippen molar-refractivity contribution in [2.45, 2.75) is 50.0 Å². The van der Waals surface area contributed by atoms with Crippen LogP contribution in [0.2, 0.25) is 0 Å². The molecular formula is C25H24F3N3O4S. The summed E-state index contributed by atoms with van der Waals surface area (Å²) in [5.74, 6) is -0.908. The maximum absolute atomic E-state index is 13.5. The van der Waals surface area contributed by atoms with Crippen molar-refractivity contribution in [1.29, 1.82) is 0 Å². The van der Waals surface area contributed by atoms with Crippen LogP contribution in [0.5, 0.6) is 5.75 Å². The number of carbonyl (C=O) groups is 1. The number of alkyl halides is 3. The third-order valence-corrected chi connectivity index (χ3v) is 8.23. The van der Waals surface area contributed by atoms with Gasteiger partial charge >= 0.3 is 6.18 Å². The average Bonchev–Trinajstić information content (AvgIpc) is 3.40. The highest BCUT2D eigenvalue weighted by Gasteiger charge is 2.39. The van der Waals surface area contributed by atoms with Gasteiger partial charge in [0, 0.05) is 18.3 Å². The van der Waals surface area contributed by atoms with Gasteiger partial charge in [-0.05, 0) is 56.0 Å². The first-order chi connectivity index (χ1) is 17.0. The van der Waals surface area contributed by atoms with E-state index in [4.69, 9.17) is 4.74 Å². The van der Waals surface area contributed by atoms with E-state index < -0.39 is 28.0 Å². The Balaban J connectivity index is 1.43. The van der Waals surface area contributed by atoms with Gasteiger partial charge in [0.25, 0.3) is 5.91 Å². The van der Waals surface area contributed by atoms with Crippen molar-refractivity contribution < 1.29 is 31.1 Å². The van der Waals surface area contributed by atoms with Crippen molar-refractivity contribution >= 4 is 15.7 Å². The Morgan fingerprint density at radius 2 is 1.86 bits per heavy atom. The summed E-state index contributed by atoms with van der Waals surface area (Å²) in [6, 6.07) is 12.9. The number of amides is 1. The summed E-state index contributed by atoms with van der Waals surface area (Å²) in [7, 11) is -3.69. The molecule has 1 unspecified atom stereocenters. The smallest absolute Gasteiger partial charge is 0.425 e. The number of fused-ring (bicyclic) bond motifs is 1. The Bertz CT molecular complexity index is 1380. The third-order valence-electron chi connectivity index (χ3n) is 6.34. The van der Waals surface area contributed by atoms with Gasteiger partial charge in [0.1, 0.15) is 5.75 Å². The Hall–Kier alpha value is -3.34. The molecule has 1 aliphatic carbocycles. The maximum Gasteiger partial charge on any atom is 0.425 e. The average molecular weight is 520 g/mol. The van der Waals surface area contributed by atoms with Gasteiger partial charge in [-0.15, -0.1) is 0 Å². The van der Waals surface area contributed by atoms with Crippen molar-refractivity contribution in [3.05, 3.63) is 71.5 Å². The highest BCUT2D eigenvalue weighted by atomic mass is 32.2. The number of carbonyl (C=O) groups excluding carboxylic acids is 1. The number of aromatic nitrogens is 2. The van der Waals surface area contributed by atoms with Gasteiger partial charge in [0.15, 0.2) is 15.9 Å². The van der Waals surface area contributed by atoms with E-state index in [1.54, 1.807) is 10.9 Å². The molecule has 0 bridgehead atoms. The molecule has 1 fully saturated rings. The summed E-state index contributed by atoms with van der Waals surface area (Å²) in [5.41, 5.74) is 2.10. The summed E-state index contributed by atoms with van der Waals surface area (Å²) in [5, 5.41) is 4.53. The van der Waals surface area contributed by atoms with Crippen LogP contribution in [-0.2, 0) is 22.9 Å². The minimum Gasteiger partial charge on any atom is -0.480 e. The summed E-state index contributed by atoms with van der Waals surface area (Å²) >= 11 is 0. The normalized spacial score (nSPS) is 16.6. The zero-order valence-corrected chi connectivity index (χ0v) is 20.2. The molecule has 7 nitrogen and oxygen atoms in total. The molecule has 0 radical (unpaired) electrons. The fourth-order valence-electron chi connectivity index (χ4n) is 4.10. The minimum absolute atomic E-state index is 0.0531. The molecule has 36 heavy (non-hydrogen) atoms. The Kier molecular flexibility index (Phi) is 6.06. The quantitative estimate of drug-likeness (QED) is 0.458. The summed E-state index contributed by atoms with van der Waals surface area (Å²) in [4.78, 5) is 14.8. The standard InChI is InChI=1S/C25H24F3N3O4S/c1-16(25(26,27)28)35-23-10-9-20(36(33,34)15-17-7-8-17)11-21(23)24(32)30-12-18-13-31(29-22(18)14-30)19-5-3-2-4-6-19/h2-6,9-11,13,16-17H,7-8,12,14-15H2,1H3. The lowest BCUT2D eigenvalue weighted by Gasteiger charge is -2.22. The molecular weight excluding hydrogens is 495 g/mol. The Morgan fingerprint density at radius 1 is 1.14 bits per heavy atom. The van der Waals surface area contributed by atoms with E-state index in [9.17, 15) is 26.4 Å². The van der Waals surface area contributed by atoms with Crippen molar-refractivity contribution in [3.8, 4) is 11.4 Å². The van der Waals surface area contributed by atoms with E-state index in [1.807, 2.05) is 30.3 Å². The SMILES string of the molecule is CC(Oc1ccc(S(=O)(=O)CC2CC2)cc1C(=O)N1Cc2cn(-c3ccccc3)nc2C1)C(F)(F)F. The lowest BCUT2D eigenvalue weighted by Crippen LogP contribution is -2.33. The van der Waals surface area contributed by atoms with Crippen LogP contribution in [0.3, 0.4) is 0 Å². The van der Waals surface area contributed by atoms with Crippen LogP contribution in [0.4, 0.5) is 13.2 Å². The number of rotatable bonds is 7. The summed E-state index contributed by atoms with van der Waals surface area (Å²) < 4.78 is 72.0. The third kappa shape index (κ3) is 4.97. The first-order valence-electron chi connectivity index (χ1n) is 11.5. The van der Waals surface area contributed by atoms with Crippen molar-refractivity contribution in [3.63, 3.8) is 0 Å². The van der Waals surface area contributed by atoms with Crippen molar-refractivity contribution in [2.24, 2.45) is 5.92 Å². The van der Waals surface area contributed by atoms with E-state index >= 15 is 0 Å². The largest absolute Gasteiger partial charge is 0.480 e. The molecule has 2 aliphatic rings. The maximum atomic E-state index is 13.5.